The van der Waals surface area contributed by atoms with Gasteiger partial charge in [0.05, 0.1) is 5.57 Å². The molecule has 0 unspecified atom stereocenters. The fourth-order valence-electron chi connectivity index (χ4n) is 3.25. The van der Waals surface area contributed by atoms with Crippen LogP contribution < -0.4 is 11.1 Å². The zero-order chi connectivity index (χ0) is 20.5. The van der Waals surface area contributed by atoms with E-state index in [0.717, 1.165) is 15.6 Å². The van der Waals surface area contributed by atoms with E-state index in [4.69, 9.17) is 17.3 Å². The Bertz CT molecular complexity index is 1130. The average Bonchev–Trinajstić information content (AvgIpc) is 3.08. The summed E-state index contributed by atoms with van der Waals surface area (Å²) < 4.78 is 2.62. The molecule has 0 saturated heterocycles. The van der Waals surface area contributed by atoms with Crippen molar-refractivity contribution in [3.63, 3.8) is 0 Å². The molecule has 0 saturated carbocycles. The number of carbonyl (C=O) groups is 1. The Morgan fingerprint density at radius 1 is 1.31 bits per heavy atom. The minimum Gasteiger partial charge on any atom is -0.366 e. The maximum absolute atomic E-state index is 12.2. The predicted octanol–water partition coefficient (Wildman–Crippen LogP) is 4.76. The van der Waals surface area contributed by atoms with Gasteiger partial charge >= 0.3 is 0 Å². The average molecular weight is 491 g/mol. The molecule has 1 amide bonds. The van der Waals surface area contributed by atoms with E-state index in [9.17, 15) is 4.79 Å². The number of nitrogens with one attached hydrogen (secondary N) is 1. The smallest absolute Gasteiger partial charge is 0.248 e. The van der Waals surface area contributed by atoms with Crippen LogP contribution in [0.5, 0.6) is 0 Å². The van der Waals surface area contributed by atoms with Gasteiger partial charge in [0, 0.05) is 20.9 Å². The first-order valence-corrected chi connectivity index (χ1v) is 11.0. The lowest BCUT2D eigenvalue weighted by Crippen LogP contribution is -2.31. The Balaban J connectivity index is 1.70. The summed E-state index contributed by atoms with van der Waals surface area (Å²) in [6.45, 7) is 1.82. The molecule has 1 atom stereocenters. The van der Waals surface area contributed by atoms with E-state index in [1.165, 1.54) is 11.8 Å². The van der Waals surface area contributed by atoms with Gasteiger partial charge in [-0.25, -0.2) is 4.68 Å². The maximum Gasteiger partial charge on any atom is 0.248 e. The topological polar surface area (TPSA) is 85.8 Å². The maximum atomic E-state index is 12.2. The number of aromatic nitrogens is 3. The van der Waals surface area contributed by atoms with Crippen molar-refractivity contribution >= 4 is 51.1 Å². The highest BCUT2D eigenvalue weighted by Gasteiger charge is 2.33. The molecule has 1 aliphatic rings. The van der Waals surface area contributed by atoms with Crippen LogP contribution in [0.15, 0.2) is 69.4 Å². The lowest BCUT2D eigenvalue weighted by Gasteiger charge is -2.27. The Labute approximate surface area is 185 Å². The van der Waals surface area contributed by atoms with Crippen LogP contribution in [0.1, 0.15) is 24.1 Å². The molecule has 9 heteroatoms. The molecule has 2 aromatic carbocycles. The number of allylic oxidation sites excluding steroid dienone is 1. The van der Waals surface area contributed by atoms with Crippen LogP contribution in [0, 0.1) is 0 Å². The van der Waals surface area contributed by atoms with E-state index in [1.54, 1.807) is 4.68 Å². The van der Waals surface area contributed by atoms with Crippen molar-refractivity contribution in [2.45, 2.75) is 23.9 Å². The second-order valence-electron chi connectivity index (χ2n) is 6.53. The molecule has 1 aromatic heterocycles. The molecule has 2 heterocycles. The standard InChI is InChI=1S/C20H17BrClN5OS/c1-11-16(18(23)28)17(12-6-4-7-14(21)9-12)27-19(24-11)25-20(26-27)29-10-13-5-2-3-8-15(13)22/h2-9,17H,10H2,1H3,(H2,23,28)(H,24,25,26)/t17-/m0/s1. The number of hydrogen-bond donors (Lipinski definition) is 2. The minimum atomic E-state index is -0.494. The predicted molar refractivity (Wildman–Crippen MR) is 119 cm³/mol. The Kier molecular flexibility index (Phi) is 5.67. The van der Waals surface area contributed by atoms with E-state index in [-0.39, 0.29) is 0 Å². The zero-order valence-corrected chi connectivity index (χ0v) is 18.6. The van der Waals surface area contributed by atoms with Gasteiger partial charge in [-0.3, -0.25) is 4.79 Å². The molecule has 3 aromatic rings. The van der Waals surface area contributed by atoms with Crippen LogP contribution in [-0.4, -0.2) is 20.7 Å². The third-order valence-electron chi connectivity index (χ3n) is 4.58. The first kappa shape index (κ1) is 20.0. The van der Waals surface area contributed by atoms with Gasteiger partial charge in [-0.15, -0.1) is 5.10 Å². The molecular formula is C20H17BrClN5OS. The fourth-order valence-corrected chi connectivity index (χ4v) is 4.79. The molecule has 0 bridgehead atoms. The summed E-state index contributed by atoms with van der Waals surface area (Å²) in [6, 6.07) is 15.0. The van der Waals surface area contributed by atoms with Crippen LogP contribution in [0.3, 0.4) is 0 Å². The number of rotatable bonds is 5. The summed E-state index contributed by atoms with van der Waals surface area (Å²) >= 11 is 11.2. The molecule has 3 N–H and O–H groups in total. The number of primary amides is 1. The van der Waals surface area contributed by atoms with E-state index in [2.05, 4.69) is 31.3 Å². The lowest BCUT2D eigenvalue weighted by atomic mass is 9.95. The number of benzene rings is 2. The van der Waals surface area contributed by atoms with Crippen molar-refractivity contribution in [3.05, 3.63) is 80.4 Å². The number of amides is 1. The summed E-state index contributed by atoms with van der Waals surface area (Å²) in [7, 11) is 0. The first-order chi connectivity index (χ1) is 13.9. The second kappa shape index (κ2) is 8.22. The van der Waals surface area contributed by atoms with Gasteiger partial charge in [-0.1, -0.05) is 69.6 Å². The lowest BCUT2D eigenvalue weighted by molar-refractivity contribution is -0.115. The summed E-state index contributed by atoms with van der Waals surface area (Å²) in [6.07, 6.45) is 0. The van der Waals surface area contributed by atoms with Crippen LogP contribution in [0.4, 0.5) is 5.95 Å². The molecular weight excluding hydrogens is 474 g/mol. The Morgan fingerprint density at radius 2 is 2.10 bits per heavy atom. The molecule has 1 aliphatic heterocycles. The van der Waals surface area contributed by atoms with Crippen LogP contribution in [0.25, 0.3) is 0 Å². The Hall–Kier alpha value is -2.29. The van der Waals surface area contributed by atoms with Gasteiger partial charge in [-0.05, 0) is 36.2 Å². The SMILES string of the molecule is CC1=C(C(N)=O)[C@H](c2cccc(Br)c2)n2nc(SCc3ccccc3Cl)nc2N1. The van der Waals surface area contributed by atoms with E-state index in [0.29, 0.717) is 33.2 Å². The quantitative estimate of drug-likeness (QED) is 0.504. The molecule has 0 radical (unpaired) electrons. The van der Waals surface area contributed by atoms with Gasteiger partial charge in [0.25, 0.3) is 0 Å². The fraction of sp³-hybridized carbons (Fsp3) is 0.150. The molecule has 29 heavy (non-hydrogen) atoms. The number of thioether (sulfide) groups is 1. The summed E-state index contributed by atoms with van der Waals surface area (Å²) in [4.78, 5) is 16.8. The van der Waals surface area contributed by atoms with Crippen LogP contribution in [-0.2, 0) is 10.5 Å². The van der Waals surface area contributed by atoms with Gasteiger partial charge in [0.15, 0.2) is 0 Å². The van der Waals surface area contributed by atoms with Crippen LogP contribution in [0.2, 0.25) is 5.02 Å². The van der Waals surface area contributed by atoms with E-state index >= 15 is 0 Å². The number of anilines is 1. The number of nitrogens with two attached hydrogens (primary N) is 1. The third kappa shape index (κ3) is 4.05. The number of nitrogens with zero attached hydrogens (tertiary/aromatic N) is 3. The van der Waals surface area contributed by atoms with Gasteiger partial charge in [0.2, 0.25) is 17.0 Å². The summed E-state index contributed by atoms with van der Waals surface area (Å²) in [5.74, 6) is 0.713. The van der Waals surface area contributed by atoms with Gasteiger partial charge < -0.3 is 11.1 Å². The molecule has 4 rings (SSSR count). The highest BCUT2D eigenvalue weighted by Crippen LogP contribution is 2.37. The monoisotopic (exact) mass is 489 g/mol. The second-order valence-corrected chi connectivity index (χ2v) is 8.79. The minimum absolute atomic E-state index is 0.455. The molecule has 0 fully saturated rings. The van der Waals surface area contributed by atoms with Crippen molar-refractivity contribution in [3.8, 4) is 0 Å². The largest absolute Gasteiger partial charge is 0.366 e. The van der Waals surface area contributed by atoms with Gasteiger partial charge in [0.1, 0.15) is 6.04 Å². The van der Waals surface area contributed by atoms with Crippen molar-refractivity contribution in [2.24, 2.45) is 5.73 Å². The van der Waals surface area contributed by atoms with Crippen molar-refractivity contribution in [2.75, 3.05) is 5.32 Å². The number of hydrogen-bond acceptors (Lipinski definition) is 5. The number of halogens is 2. The number of carbonyl (C=O) groups excluding carboxylic acids is 1. The summed E-state index contributed by atoms with van der Waals surface area (Å²) in [5, 5.41) is 9.11. The van der Waals surface area contributed by atoms with E-state index < -0.39 is 11.9 Å². The van der Waals surface area contributed by atoms with Gasteiger partial charge in [-0.2, -0.15) is 4.98 Å². The molecule has 0 spiro atoms. The molecule has 0 aliphatic carbocycles. The zero-order valence-electron chi connectivity index (χ0n) is 15.4. The van der Waals surface area contributed by atoms with Crippen molar-refractivity contribution in [1.82, 2.24) is 14.8 Å². The van der Waals surface area contributed by atoms with E-state index in [1.807, 2.05) is 55.5 Å². The highest BCUT2D eigenvalue weighted by molar-refractivity contribution is 9.10. The van der Waals surface area contributed by atoms with Crippen molar-refractivity contribution < 1.29 is 4.79 Å². The van der Waals surface area contributed by atoms with Crippen molar-refractivity contribution in [1.29, 1.82) is 0 Å². The number of fused-ring (bicyclic) bond motifs is 1. The Morgan fingerprint density at radius 3 is 2.83 bits per heavy atom. The first-order valence-electron chi connectivity index (χ1n) is 8.80. The molecule has 148 valence electrons. The highest BCUT2D eigenvalue weighted by atomic mass is 79.9. The molecule has 6 nitrogen and oxygen atoms in total. The third-order valence-corrected chi connectivity index (χ3v) is 6.33. The van der Waals surface area contributed by atoms with Crippen LogP contribution >= 0.6 is 39.3 Å². The summed E-state index contributed by atoms with van der Waals surface area (Å²) in [5.41, 5.74) is 8.74. The normalized spacial score (nSPS) is 15.8.